The lowest BCUT2D eigenvalue weighted by Crippen LogP contribution is -2.43. The highest BCUT2D eigenvalue weighted by Gasteiger charge is 2.38. The van der Waals surface area contributed by atoms with E-state index < -0.39 is 8.32 Å². The Labute approximate surface area is 155 Å². The highest BCUT2D eigenvalue weighted by atomic mass is 28.4. The Kier molecular flexibility index (Phi) is 5.87. The van der Waals surface area contributed by atoms with E-state index >= 15 is 0 Å². The Morgan fingerprint density at radius 2 is 1.27 bits per heavy atom. The van der Waals surface area contributed by atoms with Gasteiger partial charge in [0.25, 0.3) is 0 Å². The minimum atomic E-state index is -1.92. The molecule has 0 atom stereocenters. The zero-order valence-corrected chi connectivity index (χ0v) is 16.9. The smallest absolute Gasteiger partial charge is 0.250 e. The van der Waals surface area contributed by atoms with Crippen molar-refractivity contribution < 1.29 is 14.8 Å². The van der Waals surface area contributed by atoms with E-state index in [1.165, 1.54) is 0 Å². The third-order valence-corrected chi connectivity index (χ3v) is 9.14. The molecule has 26 heavy (non-hydrogen) atoms. The van der Waals surface area contributed by atoms with Crippen LogP contribution in [0.25, 0.3) is 0 Å². The Hall–Kier alpha value is -2.60. The van der Waals surface area contributed by atoms with Gasteiger partial charge in [-0.05, 0) is 42.4 Å². The molecule has 0 aliphatic carbocycles. The second-order valence-electron chi connectivity index (χ2n) is 7.65. The molecule has 0 saturated carbocycles. The second kappa shape index (κ2) is 7.74. The number of nitrogens with zero attached hydrogens (tertiary/aromatic N) is 2. The third-order valence-electron chi connectivity index (χ3n) is 4.78. The van der Waals surface area contributed by atoms with E-state index in [0.29, 0.717) is 11.1 Å². The molecule has 0 spiro atoms. The van der Waals surface area contributed by atoms with Crippen molar-refractivity contribution >= 4 is 19.7 Å². The van der Waals surface area contributed by atoms with Crippen LogP contribution < -0.4 is 4.43 Å². The van der Waals surface area contributed by atoms with Gasteiger partial charge in [-0.1, -0.05) is 61.4 Å². The van der Waals surface area contributed by atoms with Gasteiger partial charge in [-0.15, -0.1) is 0 Å². The maximum absolute atomic E-state index is 9.48. The van der Waals surface area contributed by atoms with Crippen molar-refractivity contribution in [3.05, 3.63) is 65.7 Å². The van der Waals surface area contributed by atoms with Crippen molar-refractivity contribution in [3.63, 3.8) is 0 Å². The van der Waals surface area contributed by atoms with Crippen molar-refractivity contribution in [2.24, 2.45) is 10.3 Å². The molecule has 2 N–H and O–H groups in total. The summed E-state index contributed by atoms with van der Waals surface area (Å²) in [4.78, 5) is 0. The van der Waals surface area contributed by atoms with Crippen LogP contribution in [0.5, 0.6) is 5.75 Å². The fraction of sp³-hybridized carbons (Fsp3) is 0.300. The number of rotatable bonds is 5. The molecule has 0 aliphatic heterocycles. The lowest BCUT2D eigenvalue weighted by molar-refractivity contribution is 0.314. The molecular weight excluding hydrogens is 344 g/mol. The van der Waals surface area contributed by atoms with Crippen LogP contribution in [0.15, 0.2) is 64.9 Å². The highest BCUT2D eigenvalue weighted by molar-refractivity contribution is 6.74. The Morgan fingerprint density at radius 1 is 0.808 bits per heavy atom. The largest absolute Gasteiger partial charge is 0.544 e. The molecule has 0 aromatic heterocycles. The van der Waals surface area contributed by atoms with Gasteiger partial charge in [0.1, 0.15) is 17.2 Å². The number of hydrogen-bond acceptors (Lipinski definition) is 5. The summed E-state index contributed by atoms with van der Waals surface area (Å²) < 4.78 is 6.26. The minimum Gasteiger partial charge on any atom is -0.544 e. The van der Waals surface area contributed by atoms with E-state index in [2.05, 4.69) is 44.2 Å². The van der Waals surface area contributed by atoms with Crippen molar-refractivity contribution in [1.82, 2.24) is 0 Å². The molecule has 0 aliphatic rings. The summed E-state index contributed by atoms with van der Waals surface area (Å²) >= 11 is 0. The maximum atomic E-state index is 9.48. The van der Waals surface area contributed by atoms with Gasteiger partial charge in [0, 0.05) is 11.1 Å². The second-order valence-corrected chi connectivity index (χ2v) is 12.4. The average molecular weight is 371 g/mol. The first-order chi connectivity index (χ1) is 12.2. The van der Waals surface area contributed by atoms with Crippen LogP contribution in [0.3, 0.4) is 0 Å². The molecule has 138 valence electrons. The standard InChI is InChI=1S/C20H26N2O3Si/c1-20(2,3)26(4,5)25-17-13-11-16(12-14-17)19(22-24)18(21-23)15-9-7-6-8-10-15/h6-14,23-24H,1-5H3. The molecule has 2 aromatic rings. The van der Waals surface area contributed by atoms with Gasteiger partial charge in [-0.3, -0.25) is 0 Å². The predicted molar refractivity (Wildman–Crippen MR) is 107 cm³/mol. The molecule has 0 radical (unpaired) electrons. The molecule has 0 amide bonds. The van der Waals surface area contributed by atoms with Crippen LogP contribution in [-0.4, -0.2) is 30.2 Å². The summed E-state index contributed by atoms with van der Waals surface area (Å²) in [6.45, 7) is 10.9. The fourth-order valence-corrected chi connectivity index (χ4v) is 3.24. The Bertz CT molecular complexity index is 792. The SMILES string of the molecule is CC(C)(C)[Si](C)(C)Oc1ccc(C(=NO)C(=NO)c2ccccc2)cc1. The van der Waals surface area contributed by atoms with E-state index in [1.54, 1.807) is 24.3 Å². The third kappa shape index (κ3) is 4.32. The number of oxime groups is 2. The van der Waals surface area contributed by atoms with Crippen LogP contribution in [0.2, 0.25) is 18.1 Å². The molecule has 0 saturated heterocycles. The monoisotopic (exact) mass is 370 g/mol. The molecule has 6 heteroatoms. The first kappa shape index (κ1) is 19.7. The topological polar surface area (TPSA) is 74.4 Å². The molecule has 0 unspecified atom stereocenters. The van der Waals surface area contributed by atoms with Crippen LogP contribution >= 0.6 is 0 Å². The quantitative estimate of drug-likeness (QED) is 0.332. The minimum absolute atomic E-state index is 0.105. The average Bonchev–Trinajstić information content (AvgIpc) is 2.60. The summed E-state index contributed by atoms with van der Waals surface area (Å²) in [6.07, 6.45) is 0. The van der Waals surface area contributed by atoms with Gasteiger partial charge in [0.15, 0.2) is 0 Å². The Balaban J connectivity index is 2.29. The van der Waals surface area contributed by atoms with Crippen LogP contribution in [0.4, 0.5) is 0 Å². The lowest BCUT2D eigenvalue weighted by atomic mass is 10.00. The lowest BCUT2D eigenvalue weighted by Gasteiger charge is -2.36. The van der Waals surface area contributed by atoms with Gasteiger partial charge in [0.05, 0.1) is 0 Å². The molecular formula is C20H26N2O3Si. The van der Waals surface area contributed by atoms with Gasteiger partial charge in [-0.25, -0.2) is 0 Å². The van der Waals surface area contributed by atoms with Crippen molar-refractivity contribution in [2.45, 2.75) is 38.9 Å². The van der Waals surface area contributed by atoms with Crippen molar-refractivity contribution in [2.75, 3.05) is 0 Å². The first-order valence-electron chi connectivity index (χ1n) is 8.49. The van der Waals surface area contributed by atoms with Gasteiger partial charge in [-0.2, -0.15) is 0 Å². The number of hydrogen-bond donors (Lipinski definition) is 2. The summed E-state index contributed by atoms with van der Waals surface area (Å²) in [5, 5.41) is 25.7. The zero-order chi connectivity index (χ0) is 19.4. The van der Waals surface area contributed by atoms with Crippen LogP contribution in [0, 0.1) is 0 Å². The van der Waals surface area contributed by atoms with Crippen molar-refractivity contribution in [1.29, 1.82) is 0 Å². The molecule has 0 fully saturated rings. The molecule has 0 heterocycles. The van der Waals surface area contributed by atoms with E-state index in [1.807, 2.05) is 30.3 Å². The first-order valence-corrected chi connectivity index (χ1v) is 11.4. The van der Waals surface area contributed by atoms with Gasteiger partial charge in [0.2, 0.25) is 8.32 Å². The normalized spacial score (nSPS) is 13.6. The number of benzene rings is 2. The van der Waals surface area contributed by atoms with Crippen molar-refractivity contribution in [3.8, 4) is 5.75 Å². The Morgan fingerprint density at radius 3 is 1.69 bits per heavy atom. The van der Waals surface area contributed by atoms with E-state index in [-0.39, 0.29) is 16.5 Å². The molecule has 2 aromatic carbocycles. The summed E-state index contributed by atoms with van der Waals surface area (Å²) in [6, 6.07) is 16.4. The van der Waals surface area contributed by atoms with Crippen LogP contribution in [0.1, 0.15) is 31.9 Å². The van der Waals surface area contributed by atoms with Gasteiger partial charge >= 0.3 is 0 Å². The summed E-state index contributed by atoms with van der Waals surface area (Å²) in [7, 11) is -1.92. The summed E-state index contributed by atoms with van der Waals surface area (Å²) in [5.74, 6) is 0.778. The zero-order valence-electron chi connectivity index (χ0n) is 15.9. The molecule has 5 nitrogen and oxygen atoms in total. The molecule has 0 bridgehead atoms. The fourth-order valence-electron chi connectivity index (χ4n) is 2.21. The predicted octanol–water partition coefficient (Wildman–Crippen LogP) is 5.13. The van der Waals surface area contributed by atoms with Crippen LogP contribution in [-0.2, 0) is 0 Å². The summed E-state index contributed by atoms with van der Waals surface area (Å²) in [5.41, 5.74) is 1.68. The van der Waals surface area contributed by atoms with E-state index in [0.717, 1.165) is 5.75 Å². The van der Waals surface area contributed by atoms with E-state index in [9.17, 15) is 10.4 Å². The van der Waals surface area contributed by atoms with E-state index in [4.69, 9.17) is 4.43 Å². The maximum Gasteiger partial charge on any atom is 0.250 e. The highest BCUT2D eigenvalue weighted by Crippen LogP contribution is 2.37. The molecule has 2 rings (SSSR count). The van der Waals surface area contributed by atoms with Gasteiger partial charge < -0.3 is 14.8 Å².